The van der Waals surface area contributed by atoms with Crippen molar-refractivity contribution in [1.82, 2.24) is 25.1 Å². The molecule has 0 amide bonds. The van der Waals surface area contributed by atoms with Gasteiger partial charge < -0.3 is 19.3 Å². The number of anilines is 2. The van der Waals surface area contributed by atoms with Gasteiger partial charge in [-0.15, -0.1) is 5.10 Å². The first-order chi connectivity index (χ1) is 16.0. The fourth-order valence-corrected chi connectivity index (χ4v) is 3.91. The zero-order chi connectivity index (χ0) is 23.4. The van der Waals surface area contributed by atoms with E-state index in [4.69, 9.17) is 4.74 Å². The average molecular weight is 450 g/mol. The number of hydrogen-bond acceptors (Lipinski definition) is 10. The van der Waals surface area contributed by atoms with Gasteiger partial charge in [0.15, 0.2) is 5.82 Å². The van der Waals surface area contributed by atoms with E-state index in [1.54, 1.807) is 12.4 Å². The molecule has 3 aromatic heterocycles. The quantitative estimate of drug-likeness (QED) is 0.540. The van der Waals surface area contributed by atoms with Gasteiger partial charge in [-0.25, -0.2) is 14.8 Å². The molecule has 4 rings (SSSR count). The molecule has 1 aliphatic rings. The minimum absolute atomic E-state index is 0.101. The highest BCUT2D eigenvalue weighted by molar-refractivity contribution is 5.62. The van der Waals surface area contributed by atoms with E-state index in [1.165, 1.54) is 13.3 Å². The van der Waals surface area contributed by atoms with E-state index >= 15 is 0 Å². The Morgan fingerprint density at radius 2 is 1.94 bits per heavy atom. The van der Waals surface area contributed by atoms with Crippen molar-refractivity contribution in [3.63, 3.8) is 0 Å². The van der Waals surface area contributed by atoms with Crippen LogP contribution in [0.1, 0.15) is 29.4 Å². The van der Waals surface area contributed by atoms with Gasteiger partial charge in [0.25, 0.3) is 0 Å². The number of rotatable bonds is 5. The molecule has 0 aromatic carbocycles. The normalized spacial score (nSPS) is 15.9. The molecule has 1 atom stereocenters. The van der Waals surface area contributed by atoms with Crippen LogP contribution in [-0.4, -0.2) is 64.1 Å². The molecule has 1 saturated heterocycles. The second-order valence-corrected chi connectivity index (χ2v) is 7.98. The van der Waals surface area contributed by atoms with E-state index in [0.29, 0.717) is 6.42 Å². The molecule has 1 fully saturated rings. The Balaban J connectivity index is 1.44. The molecule has 1 aliphatic heterocycles. The van der Waals surface area contributed by atoms with E-state index in [2.05, 4.69) is 60.5 Å². The van der Waals surface area contributed by atoms with Crippen molar-refractivity contribution in [2.45, 2.75) is 33.2 Å². The molecule has 0 spiro atoms. The fraction of sp³-hybridized carbons (Fsp3) is 0.391. The van der Waals surface area contributed by atoms with Gasteiger partial charge in [0.1, 0.15) is 5.82 Å². The summed E-state index contributed by atoms with van der Waals surface area (Å²) in [4.78, 5) is 28.6. The van der Waals surface area contributed by atoms with Crippen LogP contribution < -0.4 is 14.5 Å². The maximum atomic E-state index is 11.2. The van der Waals surface area contributed by atoms with Crippen molar-refractivity contribution < 1.29 is 14.3 Å². The second kappa shape index (κ2) is 9.76. The van der Waals surface area contributed by atoms with Gasteiger partial charge >= 0.3 is 6.16 Å². The number of aromatic nitrogens is 5. The van der Waals surface area contributed by atoms with Crippen LogP contribution in [-0.2, 0) is 11.2 Å². The standard InChI is InChI=1S/C23H27N7O3/c1-15-14-29(9-10-30(15)20-12-26-21(13-25-20)33-23(31)32-4)22-17(3)16(2)19(27-28-22)11-18-7-5-6-8-24-18/h5-8,12-13,15H,9-11,14H2,1-4H3/t15-/m1/s1. The molecule has 10 nitrogen and oxygen atoms in total. The molecule has 4 heterocycles. The summed E-state index contributed by atoms with van der Waals surface area (Å²) in [7, 11) is 1.24. The summed E-state index contributed by atoms with van der Waals surface area (Å²) in [5.41, 5.74) is 4.22. The lowest BCUT2D eigenvalue weighted by atomic mass is 10.1. The SMILES string of the molecule is COC(=O)Oc1cnc(N2CCN(c3nnc(Cc4ccccn4)c(C)c3C)C[C@H]2C)cn1. The summed E-state index contributed by atoms with van der Waals surface area (Å²) >= 11 is 0. The number of piperazine rings is 1. The summed E-state index contributed by atoms with van der Waals surface area (Å²) in [6.45, 7) is 8.64. The number of carbonyl (C=O) groups is 1. The predicted molar refractivity (Wildman–Crippen MR) is 123 cm³/mol. The van der Waals surface area contributed by atoms with Crippen LogP contribution >= 0.6 is 0 Å². The van der Waals surface area contributed by atoms with E-state index in [-0.39, 0.29) is 11.9 Å². The molecule has 3 aromatic rings. The molecule has 0 bridgehead atoms. The van der Waals surface area contributed by atoms with Crippen LogP contribution in [0.15, 0.2) is 36.8 Å². The Morgan fingerprint density at radius 3 is 2.61 bits per heavy atom. The maximum Gasteiger partial charge on any atom is 0.514 e. The molecule has 0 unspecified atom stereocenters. The largest absolute Gasteiger partial charge is 0.514 e. The first-order valence-electron chi connectivity index (χ1n) is 10.8. The van der Waals surface area contributed by atoms with Gasteiger partial charge in [0.05, 0.1) is 25.2 Å². The van der Waals surface area contributed by atoms with Gasteiger partial charge in [0, 0.05) is 44.0 Å². The Hall–Kier alpha value is -3.82. The van der Waals surface area contributed by atoms with E-state index in [1.807, 2.05) is 18.2 Å². The summed E-state index contributed by atoms with van der Waals surface area (Å²) in [6, 6.07) is 6.07. The fourth-order valence-electron chi connectivity index (χ4n) is 3.91. The van der Waals surface area contributed by atoms with E-state index in [9.17, 15) is 4.79 Å². The molecule has 33 heavy (non-hydrogen) atoms. The Labute approximate surface area is 192 Å². The van der Waals surface area contributed by atoms with E-state index in [0.717, 1.165) is 53.8 Å². The summed E-state index contributed by atoms with van der Waals surface area (Å²) in [6.07, 6.45) is 4.66. The van der Waals surface area contributed by atoms with Gasteiger partial charge in [-0.05, 0) is 44.0 Å². The van der Waals surface area contributed by atoms with Crippen LogP contribution in [0, 0.1) is 13.8 Å². The highest BCUT2D eigenvalue weighted by Crippen LogP contribution is 2.26. The molecule has 0 aliphatic carbocycles. The highest BCUT2D eigenvalue weighted by Gasteiger charge is 2.27. The van der Waals surface area contributed by atoms with Crippen molar-refractivity contribution in [1.29, 1.82) is 0 Å². The van der Waals surface area contributed by atoms with Crippen molar-refractivity contribution in [3.05, 3.63) is 59.3 Å². The van der Waals surface area contributed by atoms with Crippen molar-refractivity contribution in [3.8, 4) is 5.88 Å². The Kier molecular flexibility index (Phi) is 6.62. The molecule has 0 saturated carbocycles. The predicted octanol–water partition coefficient (Wildman–Crippen LogP) is 2.73. The number of nitrogens with zero attached hydrogens (tertiary/aromatic N) is 7. The molecular weight excluding hydrogens is 422 g/mol. The van der Waals surface area contributed by atoms with E-state index < -0.39 is 6.16 Å². The zero-order valence-corrected chi connectivity index (χ0v) is 19.2. The third kappa shape index (κ3) is 5.00. The average Bonchev–Trinajstić information content (AvgIpc) is 2.83. The third-order valence-corrected chi connectivity index (χ3v) is 5.86. The number of methoxy groups -OCH3 is 1. The number of ether oxygens (including phenoxy) is 2. The monoisotopic (exact) mass is 449 g/mol. The number of carbonyl (C=O) groups excluding carboxylic acids is 1. The molecule has 10 heteroatoms. The van der Waals surface area contributed by atoms with Crippen molar-refractivity contribution in [2.75, 3.05) is 36.5 Å². The van der Waals surface area contributed by atoms with Crippen LogP contribution in [0.5, 0.6) is 5.88 Å². The summed E-state index contributed by atoms with van der Waals surface area (Å²) in [5, 5.41) is 9.11. The highest BCUT2D eigenvalue weighted by atomic mass is 16.7. The number of hydrogen-bond donors (Lipinski definition) is 0. The number of pyridine rings is 1. The lowest BCUT2D eigenvalue weighted by molar-refractivity contribution is 0.119. The van der Waals surface area contributed by atoms with Gasteiger partial charge in [0.2, 0.25) is 5.88 Å². The maximum absolute atomic E-state index is 11.2. The second-order valence-electron chi connectivity index (χ2n) is 7.98. The Bertz CT molecular complexity index is 1110. The van der Waals surface area contributed by atoms with Crippen LogP contribution in [0.3, 0.4) is 0 Å². The van der Waals surface area contributed by atoms with Crippen LogP contribution in [0.25, 0.3) is 0 Å². The lowest BCUT2D eigenvalue weighted by Gasteiger charge is -2.41. The molecule has 172 valence electrons. The minimum Gasteiger partial charge on any atom is -0.437 e. The molecular formula is C23H27N7O3. The van der Waals surface area contributed by atoms with Gasteiger partial charge in [-0.2, -0.15) is 5.10 Å². The summed E-state index contributed by atoms with van der Waals surface area (Å²) in [5.74, 6) is 1.74. The van der Waals surface area contributed by atoms with Crippen LogP contribution in [0.4, 0.5) is 16.4 Å². The molecule has 0 N–H and O–H groups in total. The Morgan fingerprint density at radius 1 is 1.09 bits per heavy atom. The summed E-state index contributed by atoms with van der Waals surface area (Å²) < 4.78 is 9.37. The van der Waals surface area contributed by atoms with Gasteiger partial charge in [-0.3, -0.25) is 4.98 Å². The smallest absolute Gasteiger partial charge is 0.437 e. The topological polar surface area (TPSA) is 106 Å². The minimum atomic E-state index is -0.822. The van der Waals surface area contributed by atoms with Crippen molar-refractivity contribution in [2.24, 2.45) is 0 Å². The first kappa shape index (κ1) is 22.4. The van der Waals surface area contributed by atoms with Crippen molar-refractivity contribution >= 4 is 17.8 Å². The van der Waals surface area contributed by atoms with Gasteiger partial charge in [-0.1, -0.05) is 6.07 Å². The lowest BCUT2D eigenvalue weighted by Crippen LogP contribution is -2.53. The zero-order valence-electron chi connectivity index (χ0n) is 19.2. The third-order valence-electron chi connectivity index (χ3n) is 5.86. The molecule has 0 radical (unpaired) electrons. The van der Waals surface area contributed by atoms with Crippen LogP contribution in [0.2, 0.25) is 0 Å². The first-order valence-corrected chi connectivity index (χ1v) is 10.8.